The molecule has 144 valence electrons. The van der Waals surface area contributed by atoms with Crippen molar-refractivity contribution in [2.24, 2.45) is 5.73 Å². The predicted molar refractivity (Wildman–Crippen MR) is 106 cm³/mol. The molecule has 0 aromatic heterocycles. The smallest absolute Gasteiger partial charge is 0.250 e. The van der Waals surface area contributed by atoms with Crippen molar-refractivity contribution in [3.63, 3.8) is 0 Å². The predicted octanol–water partition coefficient (Wildman–Crippen LogP) is 2.36. The zero-order valence-corrected chi connectivity index (χ0v) is 16.7. The van der Waals surface area contributed by atoms with Gasteiger partial charge in [-0.25, -0.2) is 0 Å². The molecule has 1 amide bonds. The van der Waals surface area contributed by atoms with E-state index in [1.807, 2.05) is 18.2 Å². The Morgan fingerprint density at radius 1 is 1.28 bits per heavy atom. The van der Waals surface area contributed by atoms with Crippen molar-refractivity contribution in [3.8, 4) is 0 Å². The molecule has 1 aromatic rings. The van der Waals surface area contributed by atoms with Crippen LogP contribution >= 0.6 is 24.8 Å². The first-order chi connectivity index (χ1) is 11.1. The van der Waals surface area contributed by atoms with Crippen LogP contribution in [0.1, 0.15) is 32.3 Å². The van der Waals surface area contributed by atoms with E-state index in [2.05, 4.69) is 36.2 Å². The summed E-state index contributed by atoms with van der Waals surface area (Å²) in [6.07, 6.45) is 1.23. The highest BCUT2D eigenvalue weighted by molar-refractivity contribution is 5.85. The van der Waals surface area contributed by atoms with Crippen LogP contribution in [0, 0.1) is 0 Å². The van der Waals surface area contributed by atoms with E-state index < -0.39 is 6.10 Å². The van der Waals surface area contributed by atoms with Gasteiger partial charge in [-0.2, -0.15) is 0 Å². The number of hydrogen-bond acceptors (Lipinski definition) is 4. The van der Waals surface area contributed by atoms with E-state index in [0.717, 1.165) is 25.9 Å². The molecule has 1 aliphatic heterocycles. The lowest BCUT2D eigenvalue weighted by molar-refractivity contribution is -0.140. The Hall–Kier alpha value is -0.850. The maximum Gasteiger partial charge on any atom is 0.250 e. The number of benzene rings is 1. The summed E-state index contributed by atoms with van der Waals surface area (Å²) in [5.41, 5.74) is 6.81. The highest BCUT2D eigenvalue weighted by Gasteiger charge is 2.32. The average molecular weight is 392 g/mol. The Morgan fingerprint density at radius 2 is 1.92 bits per heavy atom. The number of rotatable bonds is 7. The van der Waals surface area contributed by atoms with Gasteiger partial charge in [0.15, 0.2) is 0 Å². The van der Waals surface area contributed by atoms with Gasteiger partial charge in [0, 0.05) is 26.2 Å². The third-order valence-electron chi connectivity index (χ3n) is 4.82. The fourth-order valence-electron chi connectivity index (χ4n) is 2.95. The molecule has 1 fully saturated rings. The molecule has 0 spiro atoms. The molecule has 0 bridgehead atoms. The third-order valence-corrected chi connectivity index (χ3v) is 4.82. The van der Waals surface area contributed by atoms with Crippen LogP contribution in [-0.2, 0) is 16.1 Å². The third kappa shape index (κ3) is 6.76. The number of ether oxygens (including phenoxy) is 1. The summed E-state index contributed by atoms with van der Waals surface area (Å²) < 4.78 is 5.69. The molecular formula is C18H31Cl2N3O2. The lowest BCUT2D eigenvalue weighted by Gasteiger charge is -2.36. The Balaban J connectivity index is 0.00000288. The number of amides is 1. The van der Waals surface area contributed by atoms with Crippen molar-refractivity contribution in [1.82, 2.24) is 10.2 Å². The molecule has 1 aromatic carbocycles. The van der Waals surface area contributed by atoms with Crippen LogP contribution in [0.15, 0.2) is 30.3 Å². The van der Waals surface area contributed by atoms with E-state index in [1.165, 1.54) is 5.56 Å². The minimum atomic E-state index is -0.420. The van der Waals surface area contributed by atoms with Gasteiger partial charge in [0.2, 0.25) is 0 Å². The first kappa shape index (κ1) is 24.1. The molecule has 1 heterocycles. The van der Waals surface area contributed by atoms with E-state index in [1.54, 1.807) is 0 Å². The van der Waals surface area contributed by atoms with Crippen LogP contribution in [0.25, 0.3) is 0 Å². The minimum Gasteiger partial charge on any atom is -0.366 e. The standard InChI is InChI=1S/C18H29N3O2.2ClH/c1-3-18(4-2,14-19)20-17(22)16-13-21(10-11-23-16)12-15-8-6-5-7-9-15;;/h5-9,16H,3-4,10-14,19H2,1-2H3,(H,20,22);2*1H. The minimum absolute atomic E-state index is 0. The highest BCUT2D eigenvalue weighted by Crippen LogP contribution is 2.16. The summed E-state index contributed by atoms with van der Waals surface area (Å²) in [6.45, 7) is 7.46. The summed E-state index contributed by atoms with van der Waals surface area (Å²) in [4.78, 5) is 14.8. The van der Waals surface area contributed by atoms with Crippen LogP contribution in [-0.4, -0.2) is 48.7 Å². The Labute approximate surface area is 163 Å². The molecule has 1 unspecified atom stereocenters. The molecule has 0 saturated carbocycles. The Bertz CT molecular complexity index is 490. The number of halogens is 2. The van der Waals surface area contributed by atoms with Crippen molar-refractivity contribution >= 4 is 30.7 Å². The van der Waals surface area contributed by atoms with Crippen molar-refractivity contribution < 1.29 is 9.53 Å². The van der Waals surface area contributed by atoms with E-state index >= 15 is 0 Å². The molecule has 1 saturated heterocycles. The zero-order chi connectivity index (χ0) is 16.7. The number of carbonyl (C=O) groups is 1. The lowest BCUT2D eigenvalue weighted by Crippen LogP contribution is -2.58. The van der Waals surface area contributed by atoms with E-state index in [9.17, 15) is 4.79 Å². The largest absolute Gasteiger partial charge is 0.366 e. The first-order valence-electron chi connectivity index (χ1n) is 8.52. The summed E-state index contributed by atoms with van der Waals surface area (Å²) >= 11 is 0. The van der Waals surface area contributed by atoms with Crippen molar-refractivity contribution in [3.05, 3.63) is 35.9 Å². The molecule has 3 N–H and O–H groups in total. The van der Waals surface area contributed by atoms with E-state index in [-0.39, 0.29) is 36.3 Å². The monoisotopic (exact) mass is 391 g/mol. The Morgan fingerprint density at radius 3 is 2.48 bits per heavy atom. The molecule has 7 heteroatoms. The number of nitrogens with zero attached hydrogens (tertiary/aromatic N) is 1. The van der Waals surface area contributed by atoms with E-state index in [0.29, 0.717) is 19.7 Å². The molecular weight excluding hydrogens is 361 g/mol. The van der Waals surface area contributed by atoms with Gasteiger partial charge in [0.05, 0.1) is 12.1 Å². The summed E-state index contributed by atoms with van der Waals surface area (Å²) in [7, 11) is 0. The molecule has 1 atom stereocenters. The molecule has 0 radical (unpaired) electrons. The quantitative estimate of drug-likeness (QED) is 0.748. The number of nitrogens with one attached hydrogen (secondary N) is 1. The molecule has 1 aliphatic rings. The topological polar surface area (TPSA) is 67.6 Å². The van der Waals surface area contributed by atoms with Crippen LogP contribution in [0.5, 0.6) is 0 Å². The van der Waals surface area contributed by atoms with E-state index in [4.69, 9.17) is 10.5 Å². The molecule has 5 nitrogen and oxygen atoms in total. The van der Waals surface area contributed by atoms with Gasteiger partial charge in [0.1, 0.15) is 6.10 Å². The number of nitrogens with two attached hydrogens (primary N) is 1. The zero-order valence-electron chi connectivity index (χ0n) is 15.1. The second-order valence-corrected chi connectivity index (χ2v) is 6.26. The lowest BCUT2D eigenvalue weighted by atomic mass is 9.92. The van der Waals surface area contributed by atoms with Gasteiger partial charge < -0.3 is 15.8 Å². The maximum absolute atomic E-state index is 12.6. The number of morpholine rings is 1. The fraction of sp³-hybridized carbons (Fsp3) is 0.611. The van der Waals surface area contributed by atoms with Gasteiger partial charge in [-0.15, -0.1) is 24.8 Å². The average Bonchev–Trinajstić information content (AvgIpc) is 2.61. The normalized spacial score (nSPS) is 18.0. The second kappa shape index (κ2) is 11.7. The van der Waals surface area contributed by atoms with Crippen LogP contribution in [0.4, 0.5) is 0 Å². The second-order valence-electron chi connectivity index (χ2n) is 6.26. The van der Waals surface area contributed by atoms with Crippen LogP contribution in [0.2, 0.25) is 0 Å². The van der Waals surface area contributed by atoms with Crippen molar-refractivity contribution in [1.29, 1.82) is 0 Å². The maximum atomic E-state index is 12.6. The van der Waals surface area contributed by atoms with Crippen molar-refractivity contribution in [2.75, 3.05) is 26.2 Å². The number of carbonyl (C=O) groups excluding carboxylic acids is 1. The van der Waals surface area contributed by atoms with Crippen LogP contribution in [0.3, 0.4) is 0 Å². The SMILES string of the molecule is CCC(CC)(CN)NC(=O)C1CN(Cc2ccccc2)CCO1.Cl.Cl. The number of hydrogen-bond donors (Lipinski definition) is 2. The summed E-state index contributed by atoms with van der Waals surface area (Å²) in [5.74, 6) is -0.0445. The Kier molecular flexibility index (Phi) is 11.3. The van der Waals surface area contributed by atoms with Crippen molar-refractivity contribution in [2.45, 2.75) is 44.9 Å². The van der Waals surface area contributed by atoms with Gasteiger partial charge in [0.25, 0.3) is 5.91 Å². The van der Waals surface area contributed by atoms with Gasteiger partial charge >= 0.3 is 0 Å². The van der Waals surface area contributed by atoms with Gasteiger partial charge in [-0.1, -0.05) is 44.2 Å². The first-order valence-corrected chi connectivity index (χ1v) is 8.52. The molecule has 2 rings (SSSR count). The summed E-state index contributed by atoms with van der Waals surface area (Å²) in [5, 5.41) is 3.12. The van der Waals surface area contributed by atoms with Gasteiger partial charge in [-0.05, 0) is 18.4 Å². The fourth-order valence-corrected chi connectivity index (χ4v) is 2.95. The van der Waals surface area contributed by atoms with Gasteiger partial charge in [-0.3, -0.25) is 9.69 Å². The molecule has 25 heavy (non-hydrogen) atoms. The molecule has 0 aliphatic carbocycles. The van der Waals surface area contributed by atoms with Crippen LogP contribution < -0.4 is 11.1 Å². The highest BCUT2D eigenvalue weighted by atomic mass is 35.5. The summed E-state index contributed by atoms with van der Waals surface area (Å²) in [6, 6.07) is 10.3.